The smallest absolute Gasteiger partial charge is 0.222 e. The summed E-state index contributed by atoms with van der Waals surface area (Å²) in [6.45, 7) is 1.03. The lowest BCUT2D eigenvalue weighted by molar-refractivity contribution is -0.129. The van der Waals surface area contributed by atoms with Crippen LogP contribution in [0.2, 0.25) is 0 Å². The average Bonchev–Trinajstić information content (AvgIpc) is 2.34. The second-order valence-corrected chi connectivity index (χ2v) is 3.28. The van der Waals surface area contributed by atoms with E-state index in [2.05, 4.69) is 4.90 Å². The number of rotatable bonds is 0. The van der Waals surface area contributed by atoms with Crippen LogP contribution in [0.4, 0.5) is 0 Å². The van der Waals surface area contributed by atoms with Gasteiger partial charge in [0.2, 0.25) is 5.91 Å². The quantitative estimate of drug-likeness (QED) is 0.493. The molecule has 0 aromatic heterocycles. The highest BCUT2D eigenvalue weighted by atomic mass is 16.2. The fourth-order valence-corrected chi connectivity index (χ4v) is 2.06. The normalized spacial score (nSPS) is 32.6. The van der Waals surface area contributed by atoms with Gasteiger partial charge in [0.25, 0.3) is 0 Å². The number of carbonyl (C=O) groups is 1. The molecule has 2 aliphatic heterocycles. The van der Waals surface area contributed by atoms with Crippen LogP contribution in [0.1, 0.15) is 32.1 Å². The van der Waals surface area contributed by atoms with E-state index in [-0.39, 0.29) is 0 Å². The molecule has 2 nitrogen and oxygen atoms in total. The highest BCUT2D eigenvalue weighted by Gasteiger charge is 2.31. The van der Waals surface area contributed by atoms with Gasteiger partial charge in [0.15, 0.2) is 0 Å². The number of carbonyl (C=O) groups excluding carboxylic acids is 1. The molecule has 2 heterocycles. The molecule has 0 aromatic carbocycles. The van der Waals surface area contributed by atoms with Crippen molar-refractivity contribution in [3.05, 3.63) is 0 Å². The molecule has 0 radical (unpaired) electrons. The Morgan fingerprint density at radius 3 is 3.00 bits per heavy atom. The van der Waals surface area contributed by atoms with Crippen LogP contribution < -0.4 is 0 Å². The van der Waals surface area contributed by atoms with Crippen molar-refractivity contribution < 1.29 is 4.79 Å². The van der Waals surface area contributed by atoms with Crippen molar-refractivity contribution in [2.45, 2.75) is 38.1 Å². The average molecular weight is 139 g/mol. The first kappa shape index (κ1) is 6.20. The molecule has 0 N–H and O–H groups in total. The zero-order valence-corrected chi connectivity index (χ0v) is 6.18. The maximum Gasteiger partial charge on any atom is 0.222 e. The summed E-state index contributed by atoms with van der Waals surface area (Å²) in [5.41, 5.74) is 0. The first-order valence-corrected chi connectivity index (χ1v) is 4.17. The number of nitrogens with zero attached hydrogens (tertiary/aromatic N) is 1. The van der Waals surface area contributed by atoms with Crippen LogP contribution in [-0.4, -0.2) is 23.4 Å². The van der Waals surface area contributed by atoms with Crippen molar-refractivity contribution in [2.24, 2.45) is 0 Å². The largest absolute Gasteiger partial charge is 0.340 e. The van der Waals surface area contributed by atoms with Crippen LogP contribution in [0.25, 0.3) is 0 Å². The Bertz CT molecular complexity index is 155. The Labute approximate surface area is 61.2 Å². The fourth-order valence-electron chi connectivity index (χ4n) is 2.06. The van der Waals surface area contributed by atoms with Gasteiger partial charge in [-0.25, -0.2) is 0 Å². The molecular weight excluding hydrogens is 126 g/mol. The molecule has 56 valence electrons. The summed E-state index contributed by atoms with van der Waals surface area (Å²) in [6, 6.07) is 0.626. The summed E-state index contributed by atoms with van der Waals surface area (Å²) in [5, 5.41) is 0. The van der Waals surface area contributed by atoms with E-state index in [0.717, 1.165) is 19.4 Å². The third-order valence-corrected chi connectivity index (χ3v) is 2.64. The minimum Gasteiger partial charge on any atom is -0.340 e. The molecule has 0 bridgehead atoms. The van der Waals surface area contributed by atoms with Gasteiger partial charge < -0.3 is 4.90 Å². The number of hydrogen-bond donors (Lipinski definition) is 0. The van der Waals surface area contributed by atoms with Crippen LogP contribution in [0, 0.1) is 0 Å². The number of piperidine rings is 1. The van der Waals surface area contributed by atoms with Crippen molar-refractivity contribution in [1.29, 1.82) is 0 Å². The van der Waals surface area contributed by atoms with Gasteiger partial charge in [-0.15, -0.1) is 0 Å². The van der Waals surface area contributed by atoms with Crippen molar-refractivity contribution in [3.63, 3.8) is 0 Å². The van der Waals surface area contributed by atoms with E-state index in [4.69, 9.17) is 0 Å². The maximum atomic E-state index is 11.1. The third-order valence-electron chi connectivity index (χ3n) is 2.64. The zero-order chi connectivity index (χ0) is 6.97. The number of amides is 1. The van der Waals surface area contributed by atoms with Crippen LogP contribution in [0.15, 0.2) is 0 Å². The molecule has 0 saturated carbocycles. The number of fused-ring (bicyclic) bond motifs is 1. The summed E-state index contributed by atoms with van der Waals surface area (Å²) in [6.07, 6.45) is 5.74. The maximum absolute atomic E-state index is 11.1. The SMILES string of the molecule is O=C1CCC2CCCCN12. The minimum absolute atomic E-state index is 0.393. The molecule has 0 spiro atoms. The molecule has 0 aromatic rings. The van der Waals surface area contributed by atoms with Gasteiger partial charge in [-0.05, 0) is 25.7 Å². The highest BCUT2D eigenvalue weighted by molar-refractivity contribution is 5.78. The minimum atomic E-state index is 0.393. The van der Waals surface area contributed by atoms with Crippen LogP contribution in [0.3, 0.4) is 0 Å². The van der Waals surface area contributed by atoms with E-state index in [9.17, 15) is 4.79 Å². The van der Waals surface area contributed by atoms with E-state index >= 15 is 0 Å². The predicted octanol–water partition coefficient (Wildman–Crippen LogP) is 1.16. The first-order valence-electron chi connectivity index (χ1n) is 4.17. The molecule has 2 aliphatic rings. The Balaban J connectivity index is 2.08. The monoisotopic (exact) mass is 139 g/mol. The fraction of sp³-hybridized carbons (Fsp3) is 0.875. The summed E-state index contributed by atoms with van der Waals surface area (Å²) in [7, 11) is 0. The van der Waals surface area contributed by atoms with Crippen LogP contribution in [-0.2, 0) is 4.79 Å². The molecule has 1 amide bonds. The predicted molar refractivity (Wildman–Crippen MR) is 38.6 cm³/mol. The molecule has 1 atom stereocenters. The Hall–Kier alpha value is -0.530. The van der Waals surface area contributed by atoms with E-state index in [1.807, 2.05) is 0 Å². The Morgan fingerprint density at radius 2 is 2.20 bits per heavy atom. The third kappa shape index (κ3) is 0.825. The van der Waals surface area contributed by atoms with E-state index in [1.54, 1.807) is 0 Å². The lowest BCUT2D eigenvalue weighted by atomic mass is 10.0. The van der Waals surface area contributed by atoms with Crippen LogP contribution >= 0.6 is 0 Å². The van der Waals surface area contributed by atoms with Gasteiger partial charge in [0.05, 0.1) is 0 Å². The molecular formula is C8H13NO. The molecule has 2 rings (SSSR count). The lowest BCUT2D eigenvalue weighted by Gasteiger charge is -2.29. The van der Waals surface area contributed by atoms with Gasteiger partial charge in [0, 0.05) is 19.0 Å². The Kier molecular flexibility index (Phi) is 1.40. The molecule has 10 heavy (non-hydrogen) atoms. The van der Waals surface area contributed by atoms with Crippen molar-refractivity contribution in [1.82, 2.24) is 4.90 Å². The Morgan fingerprint density at radius 1 is 1.30 bits per heavy atom. The summed E-state index contributed by atoms with van der Waals surface area (Å²) in [4.78, 5) is 13.2. The number of hydrogen-bond acceptors (Lipinski definition) is 1. The second kappa shape index (κ2) is 2.26. The molecule has 1 unspecified atom stereocenters. The summed E-state index contributed by atoms with van der Waals surface area (Å²) >= 11 is 0. The zero-order valence-electron chi connectivity index (χ0n) is 6.18. The van der Waals surface area contributed by atoms with E-state index in [0.29, 0.717) is 11.9 Å². The highest BCUT2D eigenvalue weighted by Crippen LogP contribution is 2.27. The summed E-state index contributed by atoms with van der Waals surface area (Å²) in [5.74, 6) is 0.393. The lowest BCUT2D eigenvalue weighted by Crippen LogP contribution is -2.36. The van der Waals surface area contributed by atoms with E-state index in [1.165, 1.54) is 19.3 Å². The van der Waals surface area contributed by atoms with Crippen molar-refractivity contribution in [3.8, 4) is 0 Å². The molecule has 2 fully saturated rings. The topological polar surface area (TPSA) is 20.3 Å². The standard InChI is InChI=1S/C8H13NO/c10-8-5-4-7-3-1-2-6-9(7)8/h7H,1-6H2. The molecule has 2 saturated heterocycles. The van der Waals surface area contributed by atoms with Crippen molar-refractivity contribution >= 4 is 5.91 Å². The van der Waals surface area contributed by atoms with Gasteiger partial charge in [-0.2, -0.15) is 0 Å². The van der Waals surface area contributed by atoms with Gasteiger partial charge >= 0.3 is 0 Å². The van der Waals surface area contributed by atoms with Crippen molar-refractivity contribution in [2.75, 3.05) is 6.54 Å². The molecule has 2 heteroatoms. The van der Waals surface area contributed by atoms with Gasteiger partial charge in [0.1, 0.15) is 0 Å². The molecule has 0 aliphatic carbocycles. The first-order chi connectivity index (χ1) is 4.88. The van der Waals surface area contributed by atoms with Gasteiger partial charge in [-0.3, -0.25) is 4.79 Å². The second-order valence-electron chi connectivity index (χ2n) is 3.28. The van der Waals surface area contributed by atoms with Crippen LogP contribution in [0.5, 0.6) is 0 Å². The van der Waals surface area contributed by atoms with E-state index < -0.39 is 0 Å². The summed E-state index contributed by atoms with van der Waals surface area (Å²) < 4.78 is 0. The van der Waals surface area contributed by atoms with Gasteiger partial charge in [-0.1, -0.05) is 0 Å².